The second kappa shape index (κ2) is 6.75. The van der Waals surface area contributed by atoms with Crippen molar-refractivity contribution in [2.45, 2.75) is 18.9 Å². The lowest BCUT2D eigenvalue weighted by atomic mass is 9.90. The zero-order valence-corrected chi connectivity index (χ0v) is 11.2. The van der Waals surface area contributed by atoms with Gasteiger partial charge in [-0.25, -0.2) is 4.79 Å². The van der Waals surface area contributed by atoms with Crippen molar-refractivity contribution in [1.29, 1.82) is 0 Å². The molecule has 0 bridgehead atoms. The molecule has 0 aromatic heterocycles. The Bertz CT molecular complexity index is 498. The van der Waals surface area contributed by atoms with E-state index in [2.05, 4.69) is 5.32 Å². The van der Waals surface area contributed by atoms with Gasteiger partial charge in [0.1, 0.15) is 5.75 Å². The lowest BCUT2D eigenvalue weighted by Gasteiger charge is -2.25. The largest absolute Gasteiger partial charge is 0.469 e. The Hall–Kier alpha value is -2.30. The first kappa shape index (κ1) is 14.1. The van der Waals surface area contributed by atoms with Crippen molar-refractivity contribution in [2.24, 2.45) is 5.92 Å². The summed E-state index contributed by atoms with van der Waals surface area (Å²) in [5.74, 6) is -0.230. The van der Waals surface area contributed by atoms with E-state index in [1.807, 2.05) is 12.1 Å². The second-order valence-electron chi connectivity index (χ2n) is 4.51. The zero-order valence-electron chi connectivity index (χ0n) is 11.2. The van der Waals surface area contributed by atoms with Crippen LogP contribution in [0.15, 0.2) is 42.5 Å². The van der Waals surface area contributed by atoms with E-state index in [0.717, 1.165) is 6.42 Å². The van der Waals surface area contributed by atoms with Crippen LogP contribution in [0.4, 0.5) is 4.79 Å². The first-order chi connectivity index (χ1) is 9.70. The molecule has 0 aliphatic heterocycles. The van der Waals surface area contributed by atoms with Crippen molar-refractivity contribution in [3.05, 3.63) is 42.5 Å². The quantitative estimate of drug-likeness (QED) is 0.679. The number of esters is 1. The first-order valence-corrected chi connectivity index (χ1v) is 6.48. The number of nitrogens with one attached hydrogen (secondary N) is 1. The standard InChI is InChI=1S/C15H17NO4/c1-19-14(17)12-9-5-6-10-13(12)16-15(18)20-11-7-3-2-4-8-11/h2-4,6-8,10,12-13H,5,9H2,1H3,(H,16,18). The summed E-state index contributed by atoms with van der Waals surface area (Å²) >= 11 is 0. The smallest absolute Gasteiger partial charge is 0.413 e. The van der Waals surface area contributed by atoms with E-state index >= 15 is 0 Å². The van der Waals surface area contributed by atoms with Gasteiger partial charge >= 0.3 is 12.1 Å². The molecule has 5 nitrogen and oxygen atoms in total. The number of benzene rings is 1. The molecule has 20 heavy (non-hydrogen) atoms. The molecule has 0 heterocycles. The van der Waals surface area contributed by atoms with Gasteiger partial charge in [-0.3, -0.25) is 4.79 Å². The van der Waals surface area contributed by atoms with Gasteiger partial charge in [-0.2, -0.15) is 0 Å². The van der Waals surface area contributed by atoms with Gasteiger partial charge < -0.3 is 14.8 Å². The summed E-state index contributed by atoms with van der Waals surface area (Å²) in [6.45, 7) is 0. The third-order valence-corrected chi connectivity index (χ3v) is 3.16. The van der Waals surface area contributed by atoms with Gasteiger partial charge in [0.2, 0.25) is 0 Å². The van der Waals surface area contributed by atoms with Crippen molar-refractivity contribution in [3.63, 3.8) is 0 Å². The van der Waals surface area contributed by atoms with Crippen molar-refractivity contribution in [1.82, 2.24) is 5.32 Å². The lowest BCUT2D eigenvalue weighted by Crippen LogP contribution is -2.44. The van der Waals surface area contributed by atoms with Crippen LogP contribution in [0, 0.1) is 5.92 Å². The van der Waals surface area contributed by atoms with E-state index in [9.17, 15) is 9.59 Å². The normalized spacial score (nSPS) is 21.1. The molecule has 0 saturated heterocycles. The molecule has 1 N–H and O–H groups in total. The lowest BCUT2D eigenvalue weighted by molar-refractivity contribution is -0.146. The van der Waals surface area contributed by atoms with Crippen LogP contribution in [-0.2, 0) is 9.53 Å². The summed E-state index contributed by atoms with van der Waals surface area (Å²) in [5, 5.41) is 2.68. The SMILES string of the molecule is COC(=O)C1CCC=CC1NC(=O)Oc1ccccc1. The van der Waals surface area contributed by atoms with E-state index in [4.69, 9.17) is 9.47 Å². The van der Waals surface area contributed by atoms with Crippen LogP contribution in [-0.4, -0.2) is 25.2 Å². The first-order valence-electron chi connectivity index (χ1n) is 6.48. The number of hydrogen-bond donors (Lipinski definition) is 1. The summed E-state index contributed by atoms with van der Waals surface area (Å²) in [7, 11) is 1.35. The molecule has 1 aromatic carbocycles. The Balaban J connectivity index is 1.96. The maximum atomic E-state index is 11.8. The predicted molar refractivity (Wildman–Crippen MR) is 73.3 cm³/mol. The topological polar surface area (TPSA) is 64.6 Å². The van der Waals surface area contributed by atoms with Crippen molar-refractivity contribution >= 4 is 12.1 Å². The number of carbonyl (C=O) groups excluding carboxylic acids is 2. The highest BCUT2D eigenvalue weighted by molar-refractivity contribution is 5.76. The van der Waals surface area contributed by atoms with Crippen LogP contribution in [0.5, 0.6) is 5.75 Å². The maximum Gasteiger partial charge on any atom is 0.413 e. The zero-order chi connectivity index (χ0) is 14.4. The third kappa shape index (κ3) is 3.60. The van der Waals surface area contributed by atoms with Crippen LogP contribution >= 0.6 is 0 Å². The number of methoxy groups -OCH3 is 1. The summed E-state index contributed by atoms with van der Waals surface area (Å²) in [6.07, 6.45) is 4.61. The molecule has 2 rings (SSSR count). The highest BCUT2D eigenvalue weighted by atomic mass is 16.6. The third-order valence-electron chi connectivity index (χ3n) is 3.16. The van der Waals surface area contributed by atoms with Gasteiger partial charge in [-0.05, 0) is 25.0 Å². The number of ether oxygens (including phenoxy) is 2. The maximum absolute atomic E-state index is 11.8. The number of amides is 1. The molecular formula is C15H17NO4. The minimum absolute atomic E-state index is 0.320. The Morgan fingerprint density at radius 3 is 2.70 bits per heavy atom. The Morgan fingerprint density at radius 2 is 2.00 bits per heavy atom. The second-order valence-corrected chi connectivity index (χ2v) is 4.51. The van der Waals surface area contributed by atoms with Crippen LogP contribution in [0.25, 0.3) is 0 Å². The fourth-order valence-corrected chi connectivity index (χ4v) is 2.16. The monoisotopic (exact) mass is 275 g/mol. The minimum atomic E-state index is -0.582. The highest BCUT2D eigenvalue weighted by Crippen LogP contribution is 2.20. The molecule has 0 spiro atoms. The van der Waals surface area contributed by atoms with Crippen LogP contribution in [0.2, 0.25) is 0 Å². The van der Waals surface area contributed by atoms with Gasteiger partial charge in [0.15, 0.2) is 0 Å². The molecule has 1 amide bonds. The molecule has 0 fully saturated rings. The highest BCUT2D eigenvalue weighted by Gasteiger charge is 2.30. The molecule has 0 radical (unpaired) electrons. The average Bonchev–Trinajstić information content (AvgIpc) is 2.48. The van der Waals surface area contributed by atoms with E-state index in [0.29, 0.717) is 12.2 Å². The van der Waals surface area contributed by atoms with Crippen molar-refractivity contribution in [3.8, 4) is 5.75 Å². The number of hydrogen-bond acceptors (Lipinski definition) is 4. The van der Waals surface area contributed by atoms with Crippen molar-refractivity contribution in [2.75, 3.05) is 7.11 Å². The fourth-order valence-electron chi connectivity index (χ4n) is 2.16. The number of allylic oxidation sites excluding steroid dienone is 1. The predicted octanol–water partition coefficient (Wildman–Crippen LogP) is 2.28. The van der Waals surface area contributed by atoms with E-state index in [1.54, 1.807) is 30.3 Å². The molecular weight excluding hydrogens is 258 g/mol. The molecule has 2 unspecified atom stereocenters. The van der Waals surface area contributed by atoms with Gasteiger partial charge in [-0.1, -0.05) is 30.4 Å². The van der Waals surface area contributed by atoms with Gasteiger partial charge in [0.25, 0.3) is 0 Å². The average molecular weight is 275 g/mol. The Morgan fingerprint density at radius 1 is 1.25 bits per heavy atom. The molecule has 1 aromatic rings. The van der Waals surface area contributed by atoms with Gasteiger partial charge in [0.05, 0.1) is 19.1 Å². The van der Waals surface area contributed by atoms with Crippen LogP contribution in [0.3, 0.4) is 0 Å². The molecule has 106 valence electrons. The Labute approximate surface area is 117 Å². The summed E-state index contributed by atoms with van der Waals surface area (Å²) < 4.78 is 9.90. The van der Waals surface area contributed by atoms with E-state index < -0.39 is 12.1 Å². The number of rotatable bonds is 3. The summed E-state index contributed by atoms with van der Waals surface area (Å²) in [6, 6.07) is 8.37. The molecule has 1 aliphatic carbocycles. The Kier molecular flexibility index (Phi) is 4.76. The molecule has 5 heteroatoms. The fraction of sp³-hybridized carbons (Fsp3) is 0.333. The van der Waals surface area contributed by atoms with E-state index in [-0.39, 0.29) is 11.9 Å². The number of carbonyl (C=O) groups is 2. The minimum Gasteiger partial charge on any atom is -0.469 e. The molecule has 0 saturated carbocycles. The van der Waals surface area contributed by atoms with Gasteiger partial charge in [0, 0.05) is 0 Å². The van der Waals surface area contributed by atoms with Crippen LogP contribution in [0.1, 0.15) is 12.8 Å². The van der Waals surface area contributed by atoms with E-state index in [1.165, 1.54) is 7.11 Å². The molecule has 1 aliphatic rings. The molecule has 2 atom stereocenters. The summed E-state index contributed by atoms with van der Waals surface area (Å²) in [4.78, 5) is 23.5. The van der Waals surface area contributed by atoms with Crippen molar-refractivity contribution < 1.29 is 19.1 Å². The van der Waals surface area contributed by atoms with Crippen LogP contribution < -0.4 is 10.1 Å². The number of para-hydroxylation sites is 1. The summed E-state index contributed by atoms with van der Waals surface area (Å²) in [5.41, 5.74) is 0. The van der Waals surface area contributed by atoms with Gasteiger partial charge in [-0.15, -0.1) is 0 Å².